The highest BCUT2D eigenvalue weighted by Gasteiger charge is 2.22. The van der Waals surface area contributed by atoms with E-state index in [1.807, 2.05) is 12.1 Å². The van der Waals surface area contributed by atoms with E-state index in [1.165, 1.54) is 5.56 Å². The van der Waals surface area contributed by atoms with Gasteiger partial charge >= 0.3 is 0 Å². The summed E-state index contributed by atoms with van der Waals surface area (Å²) >= 11 is 0. The molecule has 1 unspecified atom stereocenters. The van der Waals surface area contributed by atoms with Gasteiger partial charge in [-0.1, -0.05) is 32.0 Å². The van der Waals surface area contributed by atoms with Gasteiger partial charge in [0.05, 0.1) is 6.54 Å². The minimum absolute atomic E-state index is 0. The van der Waals surface area contributed by atoms with E-state index in [0.717, 1.165) is 37.6 Å². The van der Waals surface area contributed by atoms with E-state index in [2.05, 4.69) is 41.6 Å². The second kappa shape index (κ2) is 9.12. The number of para-hydroxylation sites is 1. The summed E-state index contributed by atoms with van der Waals surface area (Å²) in [6.07, 6.45) is 2.30. The van der Waals surface area contributed by atoms with Crippen molar-refractivity contribution in [1.29, 1.82) is 0 Å². The molecule has 0 aromatic heterocycles. The maximum Gasteiger partial charge on any atom is 0.191 e. The number of hydrogen-bond acceptors (Lipinski definition) is 2. The lowest BCUT2D eigenvalue weighted by Crippen LogP contribution is -2.42. The largest absolute Gasteiger partial charge is 0.488 e. The molecule has 1 aliphatic heterocycles. The Morgan fingerprint density at radius 3 is 2.76 bits per heavy atom. The van der Waals surface area contributed by atoms with Gasteiger partial charge < -0.3 is 15.4 Å². The molecule has 5 heteroatoms. The lowest BCUT2D eigenvalue weighted by Gasteiger charge is -2.16. The highest BCUT2D eigenvalue weighted by atomic mass is 127. The fraction of sp³-hybridized carbons (Fsp3) is 0.562. The normalized spacial score (nSPS) is 17.0. The number of guanidine groups is 1. The number of rotatable bonds is 5. The molecular formula is C16H26IN3O. The quantitative estimate of drug-likeness (QED) is 0.452. The second-order valence-corrected chi connectivity index (χ2v) is 5.61. The summed E-state index contributed by atoms with van der Waals surface area (Å²) < 4.78 is 5.90. The van der Waals surface area contributed by atoms with E-state index in [-0.39, 0.29) is 30.1 Å². The van der Waals surface area contributed by atoms with Gasteiger partial charge in [-0.05, 0) is 24.0 Å². The summed E-state index contributed by atoms with van der Waals surface area (Å²) in [5.41, 5.74) is 1.29. The molecule has 1 aromatic rings. The molecule has 0 amide bonds. The number of hydrogen-bond donors (Lipinski definition) is 2. The standard InChI is InChI=1S/C16H25N3O.HI/c1-12(2)8-9-18-16(17-3)19-11-14-10-13-6-4-5-7-15(13)20-14;/h4-7,12,14H,8-11H2,1-3H3,(H2,17,18,19);1H. The summed E-state index contributed by atoms with van der Waals surface area (Å²) in [6.45, 7) is 6.17. The van der Waals surface area contributed by atoms with E-state index in [0.29, 0.717) is 5.92 Å². The molecule has 0 aliphatic carbocycles. The average molecular weight is 403 g/mol. The van der Waals surface area contributed by atoms with Crippen LogP contribution >= 0.6 is 24.0 Å². The first-order chi connectivity index (χ1) is 9.69. The van der Waals surface area contributed by atoms with Crippen molar-refractivity contribution in [3.8, 4) is 5.75 Å². The summed E-state index contributed by atoms with van der Waals surface area (Å²) in [5.74, 6) is 2.57. The van der Waals surface area contributed by atoms with Gasteiger partial charge in [-0.25, -0.2) is 0 Å². The highest BCUT2D eigenvalue weighted by Crippen LogP contribution is 2.27. The maximum atomic E-state index is 5.90. The van der Waals surface area contributed by atoms with Crippen molar-refractivity contribution in [3.63, 3.8) is 0 Å². The molecule has 0 fully saturated rings. The first kappa shape index (κ1) is 18.1. The van der Waals surface area contributed by atoms with Crippen LogP contribution in [0.25, 0.3) is 0 Å². The predicted octanol–water partition coefficient (Wildman–Crippen LogP) is 2.82. The number of aliphatic imine (C=N–C) groups is 1. The van der Waals surface area contributed by atoms with Crippen LogP contribution in [0.5, 0.6) is 5.75 Å². The van der Waals surface area contributed by atoms with Crippen LogP contribution in [-0.2, 0) is 6.42 Å². The average Bonchev–Trinajstić information content (AvgIpc) is 2.85. The van der Waals surface area contributed by atoms with Crippen molar-refractivity contribution in [2.24, 2.45) is 10.9 Å². The van der Waals surface area contributed by atoms with Gasteiger partial charge in [0.1, 0.15) is 11.9 Å². The van der Waals surface area contributed by atoms with Gasteiger partial charge in [-0.2, -0.15) is 0 Å². The molecule has 4 nitrogen and oxygen atoms in total. The lowest BCUT2D eigenvalue weighted by molar-refractivity contribution is 0.235. The Labute approximate surface area is 144 Å². The Kier molecular flexibility index (Phi) is 7.85. The van der Waals surface area contributed by atoms with E-state index >= 15 is 0 Å². The lowest BCUT2D eigenvalue weighted by atomic mass is 10.1. The third kappa shape index (κ3) is 5.73. The molecule has 2 rings (SSSR count). The zero-order valence-electron chi connectivity index (χ0n) is 13.1. The Morgan fingerprint density at radius 2 is 2.10 bits per heavy atom. The molecule has 0 bridgehead atoms. The van der Waals surface area contributed by atoms with Crippen LogP contribution in [-0.4, -0.2) is 32.2 Å². The topological polar surface area (TPSA) is 45.7 Å². The number of ether oxygens (including phenoxy) is 1. The van der Waals surface area contributed by atoms with Gasteiger partial charge in [0, 0.05) is 20.0 Å². The summed E-state index contributed by atoms with van der Waals surface area (Å²) in [4.78, 5) is 4.23. The van der Waals surface area contributed by atoms with Crippen LogP contribution in [0.15, 0.2) is 29.3 Å². The van der Waals surface area contributed by atoms with Crippen molar-refractivity contribution in [3.05, 3.63) is 29.8 Å². The number of nitrogens with one attached hydrogen (secondary N) is 2. The minimum atomic E-state index is 0. The molecule has 0 saturated heterocycles. The van der Waals surface area contributed by atoms with Crippen molar-refractivity contribution in [2.75, 3.05) is 20.1 Å². The molecule has 2 N–H and O–H groups in total. The third-order valence-electron chi connectivity index (χ3n) is 3.45. The molecular weight excluding hydrogens is 377 g/mol. The minimum Gasteiger partial charge on any atom is -0.488 e. The zero-order valence-corrected chi connectivity index (χ0v) is 15.4. The Bertz CT molecular complexity index is 438. The molecule has 118 valence electrons. The second-order valence-electron chi connectivity index (χ2n) is 5.61. The van der Waals surface area contributed by atoms with Crippen molar-refractivity contribution < 1.29 is 4.74 Å². The molecule has 21 heavy (non-hydrogen) atoms. The molecule has 1 aromatic carbocycles. The van der Waals surface area contributed by atoms with Gasteiger partial charge in [-0.3, -0.25) is 4.99 Å². The maximum absolute atomic E-state index is 5.90. The summed E-state index contributed by atoms with van der Waals surface area (Å²) in [7, 11) is 1.80. The van der Waals surface area contributed by atoms with Crippen molar-refractivity contribution >= 4 is 29.9 Å². The Hall–Kier alpha value is -0.980. The van der Waals surface area contributed by atoms with Crippen LogP contribution < -0.4 is 15.4 Å². The van der Waals surface area contributed by atoms with E-state index in [4.69, 9.17) is 4.74 Å². The number of halogens is 1. The summed E-state index contributed by atoms with van der Waals surface area (Å²) in [5, 5.41) is 6.66. The summed E-state index contributed by atoms with van der Waals surface area (Å²) in [6, 6.07) is 8.24. The Balaban J connectivity index is 0.00000220. The zero-order chi connectivity index (χ0) is 14.4. The van der Waals surface area contributed by atoms with E-state index in [9.17, 15) is 0 Å². The van der Waals surface area contributed by atoms with E-state index in [1.54, 1.807) is 7.05 Å². The first-order valence-corrected chi connectivity index (χ1v) is 7.38. The third-order valence-corrected chi connectivity index (χ3v) is 3.45. The number of fused-ring (bicyclic) bond motifs is 1. The van der Waals surface area contributed by atoms with E-state index < -0.39 is 0 Å². The fourth-order valence-corrected chi connectivity index (χ4v) is 2.28. The fourth-order valence-electron chi connectivity index (χ4n) is 2.28. The van der Waals surface area contributed by atoms with Crippen molar-refractivity contribution in [2.45, 2.75) is 32.8 Å². The molecule has 0 spiro atoms. The number of nitrogens with zero attached hydrogens (tertiary/aromatic N) is 1. The van der Waals surface area contributed by atoms with Gasteiger partial charge in [-0.15, -0.1) is 24.0 Å². The number of benzene rings is 1. The molecule has 0 radical (unpaired) electrons. The van der Waals surface area contributed by atoms with Crippen molar-refractivity contribution in [1.82, 2.24) is 10.6 Å². The van der Waals surface area contributed by atoms with Crippen LogP contribution in [0.2, 0.25) is 0 Å². The monoisotopic (exact) mass is 403 g/mol. The van der Waals surface area contributed by atoms with Gasteiger partial charge in [0.2, 0.25) is 0 Å². The molecule has 1 aliphatic rings. The van der Waals surface area contributed by atoms with Crippen LogP contribution in [0.1, 0.15) is 25.8 Å². The molecule has 0 saturated carbocycles. The predicted molar refractivity (Wildman–Crippen MR) is 98.8 cm³/mol. The molecule has 1 heterocycles. The SMILES string of the molecule is CN=C(NCCC(C)C)NCC1Cc2ccccc2O1.I. The smallest absolute Gasteiger partial charge is 0.191 e. The first-order valence-electron chi connectivity index (χ1n) is 7.38. The highest BCUT2D eigenvalue weighted by molar-refractivity contribution is 14.0. The van der Waals surface area contributed by atoms with Crippen LogP contribution in [0, 0.1) is 5.92 Å². The van der Waals surface area contributed by atoms with Gasteiger partial charge in [0.25, 0.3) is 0 Å². The van der Waals surface area contributed by atoms with Crippen LogP contribution in [0.4, 0.5) is 0 Å². The molecule has 1 atom stereocenters. The Morgan fingerprint density at radius 1 is 1.33 bits per heavy atom. The van der Waals surface area contributed by atoms with Crippen LogP contribution in [0.3, 0.4) is 0 Å². The van der Waals surface area contributed by atoms with Gasteiger partial charge in [0.15, 0.2) is 5.96 Å².